The molecule has 0 spiro atoms. The van der Waals surface area contributed by atoms with Gasteiger partial charge in [-0.15, -0.1) is 0 Å². The monoisotopic (exact) mass is 266 g/mol. The van der Waals surface area contributed by atoms with Gasteiger partial charge in [-0.1, -0.05) is 11.6 Å². The Morgan fingerprint density at radius 1 is 1.59 bits per heavy atom. The van der Waals surface area contributed by atoms with Crippen molar-refractivity contribution in [3.63, 3.8) is 0 Å². The van der Waals surface area contributed by atoms with Gasteiger partial charge in [-0.05, 0) is 30.4 Å². The van der Waals surface area contributed by atoms with E-state index in [4.69, 9.17) is 34.2 Å². The van der Waals surface area contributed by atoms with Crippen molar-refractivity contribution in [2.24, 2.45) is 0 Å². The van der Waals surface area contributed by atoms with E-state index in [1.165, 1.54) is 10.6 Å². The number of aliphatic hydroxyl groups excluding tert-OH is 1. The van der Waals surface area contributed by atoms with E-state index in [-0.39, 0.29) is 6.61 Å². The number of benzene rings is 1. The Labute approximate surface area is 107 Å². The van der Waals surface area contributed by atoms with Crippen LogP contribution in [0.1, 0.15) is 11.4 Å². The molecule has 0 radical (unpaired) electrons. The van der Waals surface area contributed by atoms with E-state index in [9.17, 15) is 0 Å². The molecule has 0 atom stereocenters. The summed E-state index contributed by atoms with van der Waals surface area (Å²) in [7, 11) is 0. The van der Waals surface area contributed by atoms with Crippen molar-refractivity contribution in [3.8, 4) is 11.8 Å². The lowest BCUT2D eigenvalue weighted by atomic mass is 10.2. The average Bonchev–Trinajstić information content (AvgIpc) is 2.70. The summed E-state index contributed by atoms with van der Waals surface area (Å²) in [6, 6.07) is 6.81. The molecule has 0 fully saturated rings. The van der Waals surface area contributed by atoms with Gasteiger partial charge in [0.1, 0.15) is 6.61 Å². The topological polar surface area (TPSA) is 77.6 Å². The first-order valence-electron chi connectivity index (χ1n) is 4.64. The summed E-state index contributed by atoms with van der Waals surface area (Å²) >= 11 is 11.1. The van der Waals surface area contributed by atoms with Crippen LogP contribution in [0.4, 0.5) is 0 Å². The summed E-state index contributed by atoms with van der Waals surface area (Å²) in [5, 5.41) is 24.7. The van der Waals surface area contributed by atoms with E-state index in [2.05, 4.69) is 10.2 Å². The molecular weight excluding hydrogens is 260 g/mol. The molecule has 86 valence electrons. The first kappa shape index (κ1) is 11.8. The molecule has 2 rings (SSSR count). The van der Waals surface area contributed by atoms with Gasteiger partial charge in [-0.25, -0.2) is 0 Å². The maximum atomic E-state index is 9.14. The SMILES string of the molecule is N#Cc1ccc(-n2c(CO)n[nH]c2=S)c(Cl)c1. The van der Waals surface area contributed by atoms with Gasteiger partial charge in [-0.3, -0.25) is 9.67 Å². The first-order chi connectivity index (χ1) is 8.17. The normalized spacial score (nSPS) is 10.2. The number of hydrogen-bond donors (Lipinski definition) is 2. The Morgan fingerprint density at radius 2 is 2.35 bits per heavy atom. The largest absolute Gasteiger partial charge is 0.388 e. The number of halogens is 1. The Bertz CT molecular complexity index is 655. The van der Waals surface area contributed by atoms with Crippen LogP contribution >= 0.6 is 23.8 Å². The Kier molecular flexibility index (Phi) is 3.24. The molecule has 0 unspecified atom stereocenters. The summed E-state index contributed by atoms with van der Waals surface area (Å²) in [5.74, 6) is 0.363. The zero-order valence-electron chi connectivity index (χ0n) is 8.51. The van der Waals surface area contributed by atoms with Gasteiger partial charge in [0.2, 0.25) is 0 Å². The molecule has 0 aliphatic heterocycles. The van der Waals surface area contributed by atoms with Crippen LogP contribution in [0.5, 0.6) is 0 Å². The Morgan fingerprint density at radius 3 is 2.94 bits per heavy atom. The molecule has 2 N–H and O–H groups in total. The third-order valence-corrected chi connectivity index (χ3v) is 2.78. The third-order valence-electron chi connectivity index (χ3n) is 2.20. The lowest BCUT2D eigenvalue weighted by Crippen LogP contribution is -2.02. The summed E-state index contributed by atoms with van der Waals surface area (Å²) in [6.45, 7) is -0.260. The smallest absolute Gasteiger partial charge is 0.199 e. The summed E-state index contributed by atoms with van der Waals surface area (Å²) in [4.78, 5) is 0. The highest BCUT2D eigenvalue weighted by Crippen LogP contribution is 2.23. The van der Waals surface area contributed by atoms with Gasteiger partial charge in [0, 0.05) is 0 Å². The lowest BCUT2D eigenvalue weighted by Gasteiger charge is -2.07. The molecule has 0 aliphatic carbocycles. The van der Waals surface area contributed by atoms with Crippen LogP contribution in [0, 0.1) is 16.1 Å². The van der Waals surface area contributed by atoms with Gasteiger partial charge in [0.05, 0.1) is 22.3 Å². The van der Waals surface area contributed by atoms with Crippen molar-refractivity contribution >= 4 is 23.8 Å². The molecule has 0 bridgehead atoms. The van der Waals surface area contributed by atoms with Gasteiger partial charge in [0.15, 0.2) is 10.6 Å². The van der Waals surface area contributed by atoms with Crippen LogP contribution in [0.15, 0.2) is 18.2 Å². The molecule has 0 aliphatic rings. The lowest BCUT2D eigenvalue weighted by molar-refractivity contribution is 0.269. The fourth-order valence-electron chi connectivity index (χ4n) is 1.44. The maximum absolute atomic E-state index is 9.14. The maximum Gasteiger partial charge on any atom is 0.199 e. The molecule has 5 nitrogen and oxygen atoms in total. The highest BCUT2D eigenvalue weighted by molar-refractivity contribution is 7.71. The predicted octanol–water partition coefficient (Wildman–Crippen LogP) is 1.95. The minimum Gasteiger partial charge on any atom is -0.388 e. The zero-order chi connectivity index (χ0) is 12.4. The van der Waals surface area contributed by atoms with Crippen molar-refractivity contribution in [2.45, 2.75) is 6.61 Å². The molecule has 17 heavy (non-hydrogen) atoms. The number of rotatable bonds is 2. The Balaban J connectivity index is 2.65. The fraction of sp³-hybridized carbons (Fsp3) is 0.100. The van der Waals surface area contributed by atoms with E-state index in [1.807, 2.05) is 6.07 Å². The van der Waals surface area contributed by atoms with Crippen molar-refractivity contribution in [1.82, 2.24) is 14.8 Å². The van der Waals surface area contributed by atoms with Crippen LogP contribution in [-0.4, -0.2) is 19.9 Å². The van der Waals surface area contributed by atoms with Gasteiger partial charge in [0.25, 0.3) is 0 Å². The van der Waals surface area contributed by atoms with E-state index in [0.717, 1.165) is 0 Å². The number of aromatic nitrogens is 3. The van der Waals surface area contributed by atoms with E-state index < -0.39 is 0 Å². The van der Waals surface area contributed by atoms with Gasteiger partial charge >= 0.3 is 0 Å². The molecule has 1 heterocycles. The van der Waals surface area contributed by atoms with Crippen LogP contribution in [0.3, 0.4) is 0 Å². The minimum absolute atomic E-state index is 0.260. The number of aromatic amines is 1. The van der Waals surface area contributed by atoms with Crippen LogP contribution in [-0.2, 0) is 6.61 Å². The van der Waals surface area contributed by atoms with Crippen molar-refractivity contribution < 1.29 is 5.11 Å². The van der Waals surface area contributed by atoms with Gasteiger partial charge in [-0.2, -0.15) is 10.4 Å². The molecular formula is C10H7ClN4OS. The quantitative estimate of drug-likeness (QED) is 0.815. The number of nitrogens with one attached hydrogen (secondary N) is 1. The van der Waals surface area contributed by atoms with Crippen molar-refractivity contribution in [2.75, 3.05) is 0 Å². The molecule has 1 aromatic carbocycles. The number of H-pyrrole nitrogens is 1. The van der Waals surface area contributed by atoms with E-state index in [1.54, 1.807) is 12.1 Å². The number of nitriles is 1. The standard InChI is InChI=1S/C10H7ClN4OS/c11-7-3-6(4-12)1-2-8(7)15-9(5-16)13-14-10(15)17/h1-3,16H,5H2,(H,14,17). The molecule has 2 aromatic rings. The average molecular weight is 267 g/mol. The van der Waals surface area contributed by atoms with E-state index in [0.29, 0.717) is 26.9 Å². The van der Waals surface area contributed by atoms with Crippen LogP contribution in [0.2, 0.25) is 5.02 Å². The third kappa shape index (κ3) is 2.08. The highest BCUT2D eigenvalue weighted by atomic mass is 35.5. The molecule has 1 aromatic heterocycles. The molecule has 0 saturated heterocycles. The molecule has 0 saturated carbocycles. The van der Waals surface area contributed by atoms with Crippen LogP contribution in [0.25, 0.3) is 5.69 Å². The molecule has 0 amide bonds. The highest BCUT2D eigenvalue weighted by Gasteiger charge is 2.10. The van der Waals surface area contributed by atoms with E-state index >= 15 is 0 Å². The first-order valence-corrected chi connectivity index (χ1v) is 5.43. The van der Waals surface area contributed by atoms with Gasteiger partial charge < -0.3 is 5.11 Å². The fourth-order valence-corrected chi connectivity index (χ4v) is 1.96. The molecule has 7 heteroatoms. The number of nitrogens with zero attached hydrogens (tertiary/aromatic N) is 3. The second-order valence-electron chi connectivity index (χ2n) is 3.22. The summed E-state index contributed by atoms with van der Waals surface area (Å²) < 4.78 is 1.86. The minimum atomic E-state index is -0.260. The number of hydrogen-bond acceptors (Lipinski definition) is 4. The second kappa shape index (κ2) is 4.67. The predicted molar refractivity (Wildman–Crippen MR) is 64.4 cm³/mol. The summed E-state index contributed by atoms with van der Waals surface area (Å²) in [6.07, 6.45) is 0. The Hall–Kier alpha value is -1.68. The van der Waals surface area contributed by atoms with Crippen molar-refractivity contribution in [3.05, 3.63) is 39.4 Å². The van der Waals surface area contributed by atoms with Crippen molar-refractivity contribution in [1.29, 1.82) is 5.26 Å². The van der Waals surface area contributed by atoms with Crippen LogP contribution < -0.4 is 0 Å². The summed E-state index contributed by atoms with van der Waals surface area (Å²) in [5.41, 5.74) is 1.03. The second-order valence-corrected chi connectivity index (χ2v) is 4.01. The zero-order valence-corrected chi connectivity index (χ0v) is 10.1. The number of aliphatic hydroxyl groups is 1.